The number of nitrogens with zero attached hydrogens (tertiary/aromatic N) is 3. The van der Waals surface area contributed by atoms with Gasteiger partial charge in [0.25, 0.3) is 11.8 Å². The zero-order valence-electron chi connectivity index (χ0n) is 25.2. The molecule has 1 fully saturated rings. The maximum atomic E-state index is 15.2. The minimum atomic E-state index is -0.991. The number of nitrogens with one attached hydrogen (secondary N) is 2. The molecule has 0 radical (unpaired) electrons. The van der Waals surface area contributed by atoms with Gasteiger partial charge < -0.3 is 14.6 Å². The van der Waals surface area contributed by atoms with E-state index in [1.165, 1.54) is 30.3 Å². The molecule has 0 saturated carbocycles. The molecule has 2 N–H and O–H groups in total. The number of hydrogen-bond acceptors (Lipinski definition) is 8. The number of hydrogen-bond donors (Lipinski definition) is 2. The molecule has 1 saturated heterocycles. The molecule has 236 valence electrons. The van der Waals surface area contributed by atoms with E-state index in [4.69, 9.17) is 20.9 Å². The standard InChI is InChI=1S/C33H28ClF2N5O5/c1-5-25(21-13-9-19(34)16-24(21)36)38-27-28(42)26(39-30(27)43)15-17-6-12-22(23(35)14-17)29-40-31(46-41-29)18-7-10-20(11-8-18)37-32(44)45-33(2,3)4/h5-14,16,26H,15H2,1-4H3,(H,37,44)(H,39,43)/b25-5-,38-27?. The van der Waals surface area contributed by atoms with Crippen LogP contribution >= 0.6 is 11.6 Å². The maximum absolute atomic E-state index is 15.2. The van der Waals surface area contributed by atoms with Crippen molar-refractivity contribution < 1.29 is 32.4 Å². The summed E-state index contributed by atoms with van der Waals surface area (Å²) < 4.78 is 40.2. The second kappa shape index (κ2) is 13.0. The van der Waals surface area contributed by atoms with Crippen molar-refractivity contribution >= 4 is 46.5 Å². The van der Waals surface area contributed by atoms with Gasteiger partial charge in [-0.15, -0.1) is 0 Å². The van der Waals surface area contributed by atoms with Crippen molar-refractivity contribution in [1.82, 2.24) is 15.5 Å². The Kier molecular flexibility index (Phi) is 9.10. The van der Waals surface area contributed by atoms with E-state index in [1.807, 2.05) is 0 Å². The molecule has 1 aromatic heterocycles. The zero-order chi connectivity index (χ0) is 33.2. The third-order valence-corrected chi connectivity index (χ3v) is 6.94. The highest BCUT2D eigenvalue weighted by molar-refractivity contribution is 6.70. The van der Waals surface area contributed by atoms with Crippen LogP contribution in [0.3, 0.4) is 0 Å². The molecule has 2 amide bonds. The van der Waals surface area contributed by atoms with E-state index in [1.54, 1.807) is 58.0 Å². The Morgan fingerprint density at radius 2 is 1.83 bits per heavy atom. The number of carbonyl (C=O) groups is 3. The van der Waals surface area contributed by atoms with Gasteiger partial charge in [-0.05, 0) is 87.9 Å². The molecule has 0 bridgehead atoms. The lowest BCUT2D eigenvalue weighted by molar-refractivity contribution is -0.115. The quantitative estimate of drug-likeness (QED) is 0.225. The summed E-state index contributed by atoms with van der Waals surface area (Å²) in [4.78, 5) is 46.1. The normalized spacial score (nSPS) is 16.1. The molecule has 1 unspecified atom stereocenters. The Morgan fingerprint density at radius 3 is 2.48 bits per heavy atom. The number of aliphatic imine (C=N–C) groups is 1. The highest BCUT2D eigenvalue weighted by Gasteiger charge is 2.38. The molecular weight excluding hydrogens is 620 g/mol. The minimum Gasteiger partial charge on any atom is -0.444 e. The molecule has 10 nitrogen and oxygen atoms in total. The molecule has 0 aliphatic carbocycles. The lowest BCUT2D eigenvalue weighted by Crippen LogP contribution is -2.31. The van der Waals surface area contributed by atoms with Crippen molar-refractivity contribution in [2.75, 3.05) is 5.32 Å². The summed E-state index contributed by atoms with van der Waals surface area (Å²) in [7, 11) is 0. The SMILES string of the molecule is C/C=C(\N=C1C(=O)NC(Cc2ccc(-c3noc(-c4ccc(NC(=O)OC(C)(C)C)cc4)n3)c(F)c2)C1=O)c1ccc(Cl)cc1F. The molecule has 46 heavy (non-hydrogen) atoms. The van der Waals surface area contributed by atoms with Gasteiger partial charge in [-0.3, -0.25) is 14.9 Å². The number of allylic oxidation sites excluding steroid dienone is 1. The van der Waals surface area contributed by atoms with Crippen LogP contribution in [0, 0.1) is 11.6 Å². The van der Waals surface area contributed by atoms with Crippen LogP contribution in [0.15, 0.2) is 76.3 Å². The van der Waals surface area contributed by atoms with Crippen molar-refractivity contribution in [1.29, 1.82) is 0 Å². The van der Waals surface area contributed by atoms with Crippen LogP contribution in [0.4, 0.5) is 19.3 Å². The molecular formula is C33H28ClF2N5O5. The van der Waals surface area contributed by atoms with Gasteiger partial charge in [0.15, 0.2) is 5.71 Å². The van der Waals surface area contributed by atoms with Crippen molar-refractivity contribution in [3.05, 3.63) is 94.5 Å². The molecule has 0 spiro atoms. The minimum absolute atomic E-state index is 0.00276. The predicted molar refractivity (Wildman–Crippen MR) is 168 cm³/mol. The van der Waals surface area contributed by atoms with Crippen LogP contribution in [0.1, 0.15) is 38.8 Å². The molecule has 3 aromatic carbocycles. The number of Topliss-reactive ketones (excluding diaryl/α,β-unsaturated/α-hetero) is 1. The van der Waals surface area contributed by atoms with Crippen molar-refractivity contribution in [2.45, 2.75) is 45.8 Å². The zero-order valence-corrected chi connectivity index (χ0v) is 25.9. The topological polar surface area (TPSA) is 136 Å². The van der Waals surface area contributed by atoms with E-state index in [0.717, 1.165) is 6.07 Å². The first-order valence-electron chi connectivity index (χ1n) is 14.1. The van der Waals surface area contributed by atoms with Gasteiger partial charge in [0.2, 0.25) is 11.6 Å². The Morgan fingerprint density at radius 1 is 1.09 bits per heavy atom. The number of aromatic nitrogens is 2. The van der Waals surface area contributed by atoms with Gasteiger partial charge in [0.1, 0.15) is 17.2 Å². The first kappa shape index (κ1) is 32.2. The molecule has 5 rings (SSSR count). The third-order valence-electron chi connectivity index (χ3n) is 6.70. The fraction of sp³-hybridized carbons (Fsp3) is 0.212. The first-order valence-corrected chi connectivity index (χ1v) is 14.5. The Bertz CT molecular complexity index is 1900. The lowest BCUT2D eigenvalue weighted by atomic mass is 10.0. The number of rotatable bonds is 7. The second-order valence-electron chi connectivity index (χ2n) is 11.3. The number of ketones is 1. The van der Waals surface area contributed by atoms with E-state index in [2.05, 4.69) is 25.8 Å². The summed E-state index contributed by atoms with van der Waals surface area (Å²) in [5, 5.41) is 9.27. The van der Waals surface area contributed by atoms with Gasteiger partial charge in [0, 0.05) is 28.3 Å². The van der Waals surface area contributed by atoms with E-state index >= 15 is 4.39 Å². The third kappa shape index (κ3) is 7.35. The lowest BCUT2D eigenvalue weighted by Gasteiger charge is -2.19. The van der Waals surface area contributed by atoms with Gasteiger partial charge >= 0.3 is 6.09 Å². The van der Waals surface area contributed by atoms with Crippen LogP contribution in [0.2, 0.25) is 5.02 Å². The Balaban J connectivity index is 1.26. The largest absolute Gasteiger partial charge is 0.444 e. The van der Waals surface area contributed by atoms with E-state index in [0.29, 0.717) is 16.8 Å². The van der Waals surface area contributed by atoms with Crippen LogP contribution in [-0.4, -0.2) is 45.3 Å². The molecule has 1 atom stereocenters. The Labute approximate surface area is 267 Å². The van der Waals surface area contributed by atoms with Gasteiger partial charge in [-0.25, -0.2) is 18.6 Å². The van der Waals surface area contributed by atoms with Crippen LogP contribution < -0.4 is 10.6 Å². The highest BCUT2D eigenvalue weighted by atomic mass is 35.5. The van der Waals surface area contributed by atoms with Crippen LogP contribution in [0.25, 0.3) is 28.5 Å². The second-order valence-corrected chi connectivity index (χ2v) is 11.7. The van der Waals surface area contributed by atoms with Crippen molar-refractivity contribution in [2.24, 2.45) is 4.99 Å². The van der Waals surface area contributed by atoms with Crippen LogP contribution in [-0.2, 0) is 20.7 Å². The fourth-order valence-electron chi connectivity index (χ4n) is 4.59. The smallest absolute Gasteiger partial charge is 0.412 e. The molecule has 4 aromatic rings. The van der Waals surface area contributed by atoms with Gasteiger partial charge in [-0.1, -0.05) is 28.9 Å². The first-order chi connectivity index (χ1) is 21.8. The van der Waals surface area contributed by atoms with Gasteiger partial charge in [0.05, 0.1) is 17.3 Å². The molecule has 1 aliphatic heterocycles. The summed E-state index contributed by atoms with van der Waals surface area (Å²) in [6, 6.07) is 13.8. The fourth-order valence-corrected chi connectivity index (χ4v) is 4.75. The predicted octanol–water partition coefficient (Wildman–Crippen LogP) is 6.79. The number of carbonyl (C=O) groups excluding carboxylic acids is 3. The number of halogens is 3. The summed E-state index contributed by atoms with van der Waals surface area (Å²) in [5.41, 5.74) is 0.678. The van der Waals surface area contributed by atoms with Crippen LogP contribution in [0.5, 0.6) is 0 Å². The number of amides is 2. The summed E-state index contributed by atoms with van der Waals surface area (Å²) in [5.74, 6) is -2.49. The maximum Gasteiger partial charge on any atom is 0.412 e. The van der Waals surface area contributed by atoms with Gasteiger partial charge in [-0.2, -0.15) is 4.98 Å². The molecule has 2 heterocycles. The summed E-state index contributed by atoms with van der Waals surface area (Å²) >= 11 is 5.83. The van der Waals surface area contributed by atoms with E-state index in [9.17, 15) is 18.8 Å². The van der Waals surface area contributed by atoms with Crippen molar-refractivity contribution in [3.8, 4) is 22.8 Å². The summed E-state index contributed by atoms with van der Waals surface area (Å²) in [6.45, 7) is 6.88. The van der Waals surface area contributed by atoms with Crippen molar-refractivity contribution in [3.63, 3.8) is 0 Å². The Hall–Kier alpha value is -5.23. The molecule has 1 aliphatic rings. The average molecular weight is 648 g/mol. The van der Waals surface area contributed by atoms with E-state index < -0.39 is 41.1 Å². The number of benzene rings is 3. The average Bonchev–Trinajstić information content (AvgIpc) is 3.56. The molecule has 13 heteroatoms. The highest BCUT2D eigenvalue weighted by Crippen LogP contribution is 2.27. The number of ether oxygens (including phenoxy) is 1. The summed E-state index contributed by atoms with van der Waals surface area (Å²) in [6.07, 6.45) is 0.868. The number of anilines is 1. The monoisotopic (exact) mass is 647 g/mol. The van der Waals surface area contributed by atoms with E-state index in [-0.39, 0.29) is 45.7 Å².